The van der Waals surface area contributed by atoms with Gasteiger partial charge in [0.15, 0.2) is 5.11 Å². The van der Waals surface area contributed by atoms with E-state index in [9.17, 15) is 0 Å². The van der Waals surface area contributed by atoms with Crippen LogP contribution in [0.3, 0.4) is 0 Å². The van der Waals surface area contributed by atoms with Crippen molar-refractivity contribution < 1.29 is 0 Å². The van der Waals surface area contributed by atoms with Crippen LogP contribution in [-0.2, 0) is 13.0 Å². The van der Waals surface area contributed by atoms with E-state index in [1.165, 1.54) is 27.7 Å². The van der Waals surface area contributed by atoms with Crippen molar-refractivity contribution in [2.75, 3.05) is 11.9 Å². The van der Waals surface area contributed by atoms with E-state index < -0.39 is 0 Å². The molecule has 0 aliphatic carbocycles. The molecule has 0 spiro atoms. The zero-order valence-corrected chi connectivity index (χ0v) is 18.2. The zero-order valence-electron chi connectivity index (χ0n) is 17.4. The number of rotatable bonds is 6. The minimum atomic E-state index is 0.715. The highest BCUT2D eigenvalue weighted by Gasteiger charge is 2.15. The summed E-state index contributed by atoms with van der Waals surface area (Å²) in [5, 5.41) is 5.46. The average molecular weight is 415 g/mol. The second-order valence-corrected chi connectivity index (χ2v) is 7.94. The Bertz CT molecular complexity index is 1150. The molecule has 0 saturated carbocycles. The average Bonchev–Trinajstić information content (AvgIpc) is 3.08. The summed E-state index contributed by atoms with van der Waals surface area (Å²) < 4.78 is 0. The van der Waals surface area contributed by atoms with Gasteiger partial charge in [-0.25, -0.2) is 0 Å². The van der Waals surface area contributed by atoms with Gasteiger partial charge in [-0.05, 0) is 67.4 Å². The van der Waals surface area contributed by atoms with Crippen molar-refractivity contribution in [2.45, 2.75) is 26.8 Å². The molecule has 4 rings (SSSR count). The second kappa shape index (κ2) is 9.09. The van der Waals surface area contributed by atoms with Crippen LogP contribution in [0.25, 0.3) is 10.9 Å². The van der Waals surface area contributed by atoms with Crippen molar-refractivity contribution in [3.8, 4) is 0 Å². The molecule has 4 nitrogen and oxygen atoms in total. The zero-order chi connectivity index (χ0) is 20.9. The van der Waals surface area contributed by atoms with Gasteiger partial charge in [0, 0.05) is 47.8 Å². The van der Waals surface area contributed by atoms with E-state index in [-0.39, 0.29) is 0 Å². The van der Waals surface area contributed by atoms with Crippen molar-refractivity contribution in [1.82, 2.24) is 14.9 Å². The first-order valence-corrected chi connectivity index (χ1v) is 10.6. The topological polar surface area (TPSA) is 44.0 Å². The van der Waals surface area contributed by atoms with Crippen LogP contribution >= 0.6 is 12.2 Å². The maximum Gasteiger partial charge on any atom is 0.173 e. The number of nitrogens with one attached hydrogen (secondary N) is 2. The molecule has 5 heteroatoms. The minimum absolute atomic E-state index is 0.715. The Balaban J connectivity index is 1.56. The number of benzene rings is 2. The standard InChI is InChI=1S/C25H26N4S/c1-18-8-3-5-11-23(18)28-25(30)29(17-20-9-7-14-26-16-20)15-13-21-19(2)27-24-12-6-4-10-22(21)24/h3-12,14,16,27H,13,15,17H2,1-2H3,(H,28,30). The van der Waals surface area contributed by atoms with Crippen LogP contribution in [0.1, 0.15) is 22.4 Å². The van der Waals surface area contributed by atoms with Crippen molar-refractivity contribution in [3.05, 3.63) is 95.4 Å². The van der Waals surface area contributed by atoms with Gasteiger partial charge in [0.2, 0.25) is 0 Å². The highest BCUT2D eigenvalue weighted by molar-refractivity contribution is 7.80. The molecule has 0 aliphatic rings. The summed E-state index contributed by atoms with van der Waals surface area (Å²) in [6.07, 6.45) is 4.61. The number of para-hydroxylation sites is 2. The maximum absolute atomic E-state index is 5.83. The first-order chi connectivity index (χ1) is 14.6. The Morgan fingerprint density at radius 1 is 1.03 bits per heavy atom. The molecule has 0 unspecified atom stereocenters. The van der Waals surface area contributed by atoms with Gasteiger partial charge in [0.05, 0.1) is 0 Å². The normalized spacial score (nSPS) is 10.9. The molecule has 30 heavy (non-hydrogen) atoms. The number of hydrogen-bond acceptors (Lipinski definition) is 2. The first kappa shape index (κ1) is 20.1. The van der Waals surface area contributed by atoms with E-state index in [1.54, 1.807) is 6.20 Å². The number of nitrogens with zero attached hydrogens (tertiary/aromatic N) is 2. The van der Waals surface area contributed by atoms with Gasteiger partial charge < -0.3 is 15.2 Å². The van der Waals surface area contributed by atoms with Crippen LogP contribution in [0, 0.1) is 13.8 Å². The molecule has 0 aliphatic heterocycles. The summed E-state index contributed by atoms with van der Waals surface area (Å²) in [4.78, 5) is 9.99. The van der Waals surface area contributed by atoms with Crippen LogP contribution in [0.15, 0.2) is 73.1 Å². The highest BCUT2D eigenvalue weighted by Crippen LogP contribution is 2.23. The lowest BCUT2D eigenvalue weighted by atomic mass is 10.1. The number of H-pyrrole nitrogens is 1. The molecule has 152 valence electrons. The van der Waals surface area contributed by atoms with Crippen LogP contribution in [-0.4, -0.2) is 26.5 Å². The molecule has 2 heterocycles. The van der Waals surface area contributed by atoms with Gasteiger partial charge in [-0.3, -0.25) is 4.98 Å². The van der Waals surface area contributed by atoms with Crippen molar-refractivity contribution >= 4 is 33.9 Å². The lowest BCUT2D eigenvalue weighted by Crippen LogP contribution is -2.36. The molecule has 0 atom stereocenters. The third kappa shape index (κ3) is 4.52. The number of fused-ring (bicyclic) bond motifs is 1. The number of anilines is 1. The monoisotopic (exact) mass is 414 g/mol. The number of pyridine rings is 1. The smallest absolute Gasteiger partial charge is 0.173 e. The maximum atomic E-state index is 5.83. The van der Waals surface area contributed by atoms with Gasteiger partial charge in [0.25, 0.3) is 0 Å². The molecule has 2 N–H and O–H groups in total. The molecular weight excluding hydrogens is 388 g/mol. The Kier molecular flexibility index (Phi) is 6.10. The lowest BCUT2D eigenvalue weighted by Gasteiger charge is -2.26. The summed E-state index contributed by atoms with van der Waals surface area (Å²) >= 11 is 5.83. The number of aryl methyl sites for hydroxylation is 2. The lowest BCUT2D eigenvalue weighted by molar-refractivity contribution is 0.422. The highest BCUT2D eigenvalue weighted by atomic mass is 32.1. The predicted molar refractivity (Wildman–Crippen MR) is 129 cm³/mol. The quantitative estimate of drug-likeness (QED) is 0.402. The SMILES string of the molecule is Cc1ccccc1NC(=S)N(CCc1c(C)[nH]c2ccccc12)Cc1cccnc1. The Hall–Kier alpha value is -3.18. The van der Waals surface area contributed by atoms with E-state index in [4.69, 9.17) is 12.2 Å². The predicted octanol–water partition coefficient (Wildman–Crippen LogP) is 5.62. The molecule has 0 saturated heterocycles. The van der Waals surface area contributed by atoms with Crippen molar-refractivity contribution in [1.29, 1.82) is 0 Å². The molecule has 2 aromatic carbocycles. The third-order valence-electron chi connectivity index (χ3n) is 5.43. The largest absolute Gasteiger partial charge is 0.358 e. The van der Waals surface area contributed by atoms with Gasteiger partial charge in [-0.2, -0.15) is 0 Å². The van der Waals surface area contributed by atoms with Crippen LogP contribution in [0.2, 0.25) is 0 Å². The van der Waals surface area contributed by atoms with Crippen LogP contribution in [0.4, 0.5) is 5.69 Å². The molecule has 0 bridgehead atoms. The Morgan fingerprint density at radius 2 is 1.83 bits per heavy atom. The molecule has 4 aromatic rings. The molecular formula is C25H26N4S. The van der Waals surface area contributed by atoms with Crippen LogP contribution in [0.5, 0.6) is 0 Å². The first-order valence-electron chi connectivity index (χ1n) is 10.2. The summed E-state index contributed by atoms with van der Waals surface area (Å²) in [6.45, 7) is 5.76. The van der Waals surface area contributed by atoms with Gasteiger partial charge in [-0.1, -0.05) is 42.5 Å². The van der Waals surface area contributed by atoms with Gasteiger partial charge in [-0.15, -0.1) is 0 Å². The van der Waals surface area contributed by atoms with E-state index >= 15 is 0 Å². The summed E-state index contributed by atoms with van der Waals surface area (Å²) in [5.74, 6) is 0. The fourth-order valence-electron chi connectivity index (χ4n) is 3.78. The van der Waals surface area contributed by atoms with Crippen molar-refractivity contribution in [3.63, 3.8) is 0 Å². The number of hydrogen-bond donors (Lipinski definition) is 2. The summed E-state index contributed by atoms with van der Waals surface area (Å²) in [6, 6.07) is 20.7. The number of aromatic nitrogens is 2. The molecule has 0 radical (unpaired) electrons. The van der Waals surface area contributed by atoms with Gasteiger partial charge >= 0.3 is 0 Å². The molecule has 0 amide bonds. The van der Waals surface area contributed by atoms with Gasteiger partial charge in [0.1, 0.15) is 0 Å². The Labute approximate surface area is 183 Å². The molecule has 2 aromatic heterocycles. The Morgan fingerprint density at radius 3 is 2.63 bits per heavy atom. The number of thiocarbonyl (C=S) groups is 1. The van der Waals surface area contributed by atoms with E-state index in [2.05, 4.69) is 76.5 Å². The van der Waals surface area contributed by atoms with E-state index in [0.717, 1.165) is 29.3 Å². The second-order valence-electron chi connectivity index (χ2n) is 7.55. The number of aromatic amines is 1. The fourth-order valence-corrected chi connectivity index (χ4v) is 4.04. The van der Waals surface area contributed by atoms with Crippen LogP contribution < -0.4 is 5.32 Å². The minimum Gasteiger partial charge on any atom is -0.358 e. The van der Waals surface area contributed by atoms with E-state index in [0.29, 0.717) is 6.54 Å². The summed E-state index contributed by atoms with van der Waals surface area (Å²) in [5.41, 5.74) is 7.11. The van der Waals surface area contributed by atoms with Crippen molar-refractivity contribution in [2.24, 2.45) is 0 Å². The summed E-state index contributed by atoms with van der Waals surface area (Å²) in [7, 11) is 0. The third-order valence-corrected chi connectivity index (χ3v) is 5.79. The van der Waals surface area contributed by atoms with E-state index in [1.807, 2.05) is 24.4 Å². The fraction of sp³-hybridized carbons (Fsp3) is 0.200. The molecule has 0 fully saturated rings.